The fraction of sp³-hybridized carbons (Fsp3) is 0.233. The molecule has 1 atom stereocenters. The Kier molecular flexibility index (Phi) is 6.40. The first-order chi connectivity index (χ1) is 19.0. The zero-order valence-corrected chi connectivity index (χ0v) is 21.3. The number of amides is 2. The van der Waals surface area contributed by atoms with E-state index >= 15 is 0 Å². The third kappa shape index (κ3) is 4.79. The number of rotatable bonds is 1. The van der Waals surface area contributed by atoms with Gasteiger partial charge < -0.3 is 29.2 Å². The van der Waals surface area contributed by atoms with Gasteiger partial charge in [-0.25, -0.2) is 4.98 Å². The molecule has 8 bridgehead atoms. The van der Waals surface area contributed by atoms with Crippen molar-refractivity contribution in [3.8, 4) is 23.0 Å². The molecule has 1 unspecified atom stereocenters. The van der Waals surface area contributed by atoms with Gasteiger partial charge in [-0.15, -0.1) is 0 Å². The number of aryl methyl sites for hydroxylation is 1. The molecule has 0 spiro atoms. The molecule has 0 saturated carbocycles. The number of nitrogens with one attached hydrogen (secondary N) is 1. The summed E-state index contributed by atoms with van der Waals surface area (Å²) in [5.41, 5.74) is 3.61. The SMILES string of the molecule is Cc1ncoc1C(=O)N1CCc2cc3ccc2C1c1cccc(c1)OCCCNC(=O)c1cc(ccc1O)O3. The molecule has 3 aliphatic heterocycles. The summed E-state index contributed by atoms with van der Waals surface area (Å²) in [6.07, 6.45) is 2.47. The Bertz CT molecular complexity index is 1560. The lowest BCUT2D eigenvalue weighted by atomic mass is 9.87. The van der Waals surface area contributed by atoms with E-state index in [4.69, 9.17) is 13.9 Å². The van der Waals surface area contributed by atoms with Crippen molar-refractivity contribution in [1.29, 1.82) is 0 Å². The molecule has 4 aromatic rings. The molecule has 7 rings (SSSR count). The summed E-state index contributed by atoms with van der Waals surface area (Å²) in [5.74, 6) is 1.19. The average molecular weight is 526 g/mol. The Balaban J connectivity index is 1.44. The summed E-state index contributed by atoms with van der Waals surface area (Å²) in [5, 5.41) is 13.1. The molecule has 2 amide bonds. The quantitative estimate of drug-likeness (QED) is 0.368. The first-order valence-electron chi connectivity index (χ1n) is 12.8. The number of benzene rings is 3. The van der Waals surface area contributed by atoms with Gasteiger partial charge in [0.1, 0.15) is 23.0 Å². The predicted molar refractivity (Wildman–Crippen MR) is 141 cm³/mol. The second kappa shape index (κ2) is 10.2. The van der Waals surface area contributed by atoms with Crippen LogP contribution in [0.3, 0.4) is 0 Å². The van der Waals surface area contributed by atoms with E-state index in [-0.39, 0.29) is 34.9 Å². The van der Waals surface area contributed by atoms with E-state index in [2.05, 4.69) is 10.3 Å². The highest BCUT2D eigenvalue weighted by atomic mass is 16.5. The minimum atomic E-state index is -0.388. The van der Waals surface area contributed by atoms with Crippen LogP contribution in [0.25, 0.3) is 0 Å². The lowest BCUT2D eigenvalue weighted by molar-refractivity contribution is 0.0660. The van der Waals surface area contributed by atoms with Crippen LogP contribution in [0.5, 0.6) is 23.0 Å². The van der Waals surface area contributed by atoms with E-state index in [0.29, 0.717) is 55.5 Å². The van der Waals surface area contributed by atoms with E-state index in [1.165, 1.54) is 18.5 Å². The second-order valence-corrected chi connectivity index (χ2v) is 9.59. The number of carbonyl (C=O) groups is 2. The van der Waals surface area contributed by atoms with Gasteiger partial charge in [-0.1, -0.05) is 18.2 Å². The lowest BCUT2D eigenvalue weighted by Crippen LogP contribution is -2.40. The highest BCUT2D eigenvalue weighted by Gasteiger charge is 2.35. The normalized spacial score (nSPS) is 16.9. The van der Waals surface area contributed by atoms with E-state index in [9.17, 15) is 14.7 Å². The van der Waals surface area contributed by atoms with Crippen molar-refractivity contribution < 1.29 is 28.6 Å². The van der Waals surface area contributed by atoms with Crippen molar-refractivity contribution in [2.45, 2.75) is 25.8 Å². The van der Waals surface area contributed by atoms with Gasteiger partial charge in [0, 0.05) is 13.1 Å². The van der Waals surface area contributed by atoms with Crippen LogP contribution in [0.1, 0.15) is 55.8 Å². The Labute approximate surface area is 225 Å². The molecule has 0 radical (unpaired) electrons. The number of hydrogen-bond acceptors (Lipinski definition) is 7. The van der Waals surface area contributed by atoms with Crippen molar-refractivity contribution in [3.05, 3.63) is 101 Å². The molecule has 0 fully saturated rings. The smallest absolute Gasteiger partial charge is 0.292 e. The highest BCUT2D eigenvalue weighted by Crippen LogP contribution is 2.39. The summed E-state index contributed by atoms with van der Waals surface area (Å²) in [6.45, 7) is 2.97. The number of ether oxygens (including phenoxy) is 2. The zero-order chi connectivity index (χ0) is 26.9. The number of oxazole rings is 1. The summed E-state index contributed by atoms with van der Waals surface area (Å²) in [6, 6.07) is 17.7. The molecule has 0 saturated heterocycles. The zero-order valence-electron chi connectivity index (χ0n) is 21.3. The number of aromatic hydroxyl groups is 1. The number of carbonyl (C=O) groups excluding carboxylic acids is 2. The van der Waals surface area contributed by atoms with Gasteiger partial charge in [0.15, 0.2) is 6.39 Å². The number of phenols is 1. The Morgan fingerprint density at radius 3 is 2.77 bits per heavy atom. The molecule has 2 N–H and O–H groups in total. The maximum absolute atomic E-state index is 13.7. The lowest BCUT2D eigenvalue weighted by Gasteiger charge is -2.37. The van der Waals surface area contributed by atoms with E-state index in [1.54, 1.807) is 13.0 Å². The van der Waals surface area contributed by atoms with Crippen LogP contribution in [0.2, 0.25) is 0 Å². The average Bonchev–Trinajstić information content (AvgIpc) is 3.38. The monoisotopic (exact) mass is 525 g/mol. The Morgan fingerprint density at radius 2 is 1.92 bits per heavy atom. The van der Waals surface area contributed by atoms with Crippen molar-refractivity contribution in [1.82, 2.24) is 15.2 Å². The van der Waals surface area contributed by atoms with Gasteiger partial charge >= 0.3 is 0 Å². The van der Waals surface area contributed by atoms with Gasteiger partial charge in [0.25, 0.3) is 11.8 Å². The largest absolute Gasteiger partial charge is 0.507 e. The molecule has 0 aliphatic carbocycles. The van der Waals surface area contributed by atoms with Crippen LogP contribution in [-0.4, -0.2) is 46.5 Å². The van der Waals surface area contributed by atoms with Gasteiger partial charge in [0.2, 0.25) is 5.76 Å². The van der Waals surface area contributed by atoms with E-state index in [0.717, 1.165) is 16.7 Å². The van der Waals surface area contributed by atoms with Crippen molar-refractivity contribution in [2.75, 3.05) is 19.7 Å². The van der Waals surface area contributed by atoms with Crippen molar-refractivity contribution in [3.63, 3.8) is 0 Å². The first-order valence-corrected chi connectivity index (χ1v) is 12.8. The predicted octanol–water partition coefficient (Wildman–Crippen LogP) is 4.78. The third-order valence-corrected chi connectivity index (χ3v) is 7.04. The standard InChI is InChI=1S/C30H27N3O6/c1-18-28(38-17-32-18)30(36)33-12-10-19-14-22-6-8-24(19)27(33)20-4-2-5-21(15-20)37-13-3-11-31-29(35)25-16-23(39-22)7-9-26(25)34/h2,4-9,14-17,27,34H,3,10-13H2,1H3,(H,31,35). The molecule has 9 heteroatoms. The molecule has 3 aliphatic rings. The number of aromatic nitrogens is 1. The maximum Gasteiger partial charge on any atom is 0.292 e. The van der Waals surface area contributed by atoms with E-state index in [1.807, 2.05) is 47.4 Å². The molecule has 198 valence electrons. The molecular formula is C30H27N3O6. The Hall–Kier alpha value is -4.79. The number of phenolic OH excluding ortho intramolecular Hbond substituents is 1. The fourth-order valence-electron chi connectivity index (χ4n) is 5.11. The molecule has 3 aromatic carbocycles. The first kappa shape index (κ1) is 24.5. The minimum absolute atomic E-state index is 0.123. The third-order valence-electron chi connectivity index (χ3n) is 7.04. The van der Waals surface area contributed by atoms with Crippen LogP contribution in [0.15, 0.2) is 71.5 Å². The molecule has 4 heterocycles. The van der Waals surface area contributed by atoms with Crippen LogP contribution in [-0.2, 0) is 6.42 Å². The summed E-state index contributed by atoms with van der Waals surface area (Å²) in [7, 11) is 0. The number of fused-ring (bicyclic) bond motifs is 6. The molecular weight excluding hydrogens is 498 g/mol. The topological polar surface area (TPSA) is 114 Å². The summed E-state index contributed by atoms with van der Waals surface area (Å²) >= 11 is 0. The van der Waals surface area contributed by atoms with Gasteiger partial charge in [-0.3, -0.25) is 9.59 Å². The maximum atomic E-state index is 13.7. The van der Waals surface area contributed by atoms with Crippen molar-refractivity contribution >= 4 is 11.8 Å². The fourth-order valence-corrected chi connectivity index (χ4v) is 5.11. The van der Waals surface area contributed by atoms with Crippen LogP contribution in [0, 0.1) is 6.92 Å². The van der Waals surface area contributed by atoms with Gasteiger partial charge in [-0.05, 0) is 78.9 Å². The van der Waals surface area contributed by atoms with Crippen LogP contribution in [0.4, 0.5) is 0 Å². The van der Waals surface area contributed by atoms with Crippen LogP contribution >= 0.6 is 0 Å². The summed E-state index contributed by atoms with van der Waals surface area (Å²) < 4.78 is 17.6. The second-order valence-electron chi connectivity index (χ2n) is 9.59. The number of hydrogen-bond donors (Lipinski definition) is 2. The summed E-state index contributed by atoms with van der Waals surface area (Å²) in [4.78, 5) is 32.3. The highest BCUT2D eigenvalue weighted by molar-refractivity contribution is 5.97. The molecule has 9 nitrogen and oxygen atoms in total. The number of nitrogens with zero attached hydrogens (tertiary/aromatic N) is 2. The molecule has 39 heavy (non-hydrogen) atoms. The Morgan fingerprint density at radius 1 is 1.08 bits per heavy atom. The van der Waals surface area contributed by atoms with Gasteiger partial charge in [-0.2, -0.15) is 0 Å². The van der Waals surface area contributed by atoms with Gasteiger partial charge in [0.05, 0.1) is 23.9 Å². The molecule has 1 aromatic heterocycles. The minimum Gasteiger partial charge on any atom is -0.507 e. The van der Waals surface area contributed by atoms with E-state index < -0.39 is 0 Å². The van der Waals surface area contributed by atoms with Crippen LogP contribution < -0.4 is 14.8 Å². The van der Waals surface area contributed by atoms with Crippen molar-refractivity contribution in [2.24, 2.45) is 0 Å².